The third kappa shape index (κ3) is 3.94. The molecule has 2 saturated heterocycles. The number of piperidine rings is 1. The first-order valence-corrected chi connectivity index (χ1v) is 10.1. The number of nitrogens with one attached hydrogen (secondary N) is 2. The van der Waals surface area contributed by atoms with Gasteiger partial charge in [-0.1, -0.05) is 19.1 Å². The molecule has 4 nitrogen and oxygen atoms in total. The monoisotopic (exact) mass is 369 g/mol. The fourth-order valence-corrected chi connectivity index (χ4v) is 4.69. The van der Waals surface area contributed by atoms with Crippen LogP contribution < -0.4 is 10.6 Å². The zero-order valence-corrected chi connectivity index (χ0v) is 16.1. The second-order valence-corrected chi connectivity index (χ2v) is 7.86. The van der Waals surface area contributed by atoms with E-state index in [0.29, 0.717) is 18.1 Å². The fraction of sp³-hybridized carbons (Fsp3) is 0.476. The van der Waals surface area contributed by atoms with Crippen molar-refractivity contribution in [3.8, 4) is 0 Å². The van der Waals surface area contributed by atoms with Crippen molar-refractivity contribution in [1.29, 1.82) is 0 Å². The summed E-state index contributed by atoms with van der Waals surface area (Å²) in [7, 11) is 0. The predicted molar refractivity (Wildman–Crippen MR) is 109 cm³/mol. The van der Waals surface area contributed by atoms with Crippen LogP contribution in [0.5, 0.6) is 0 Å². The number of fused-ring (bicyclic) bond motifs is 2. The Morgan fingerprint density at radius 1 is 1.15 bits per heavy atom. The molecule has 5 heteroatoms. The molecule has 0 aliphatic carbocycles. The lowest BCUT2D eigenvalue weighted by atomic mass is 9.97. The highest BCUT2D eigenvalue weighted by atomic mass is 32.1. The number of hydrogen-bond acceptors (Lipinski definition) is 3. The Kier molecular flexibility index (Phi) is 5.27. The number of anilines is 1. The van der Waals surface area contributed by atoms with Gasteiger partial charge in [-0.15, -0.1) is 0 Å². The minimum atomic E-state index is 0.454. The second kappa shape index (κ2) is 7.80. The van der Waals surface area contributed by atoms with Crippen molar-refractivity contribution in [3.05, 3.63) is 54.0 Å². The van der Waals surface area contributed by atoms with Crippen LogP contribution >= 0.6 is 12.2 Å². The molecule has 2 aromatic rings. The highest BCUT2D eigenvalue weighted by Crippen LogP contribution is 2.36. The highest BCUT2D eigenvalue weighted by Gasteiger charge is 2.41. The van der Waals surface area contributed by atoms with Gasteiger partial charge in [-0.05, 0) is 74.2 Å². The van der Waals surface area contributed by atoms with Gasteiger partial charge in [0, 0.05) is 23.8 Å². The molecule has 3 atom stereocenters. The molecule has 2 bridgehead atoms. The van der Waals surface area contributed by atoms with E-state index in [-0.39, 0.29) is 0 Å². The van der Waals surface area contributed by atoms with Crippen LogP contribution in [0.4, 0.5) is 5.69 Å². The highest BCUT2D eigenvalue weighted by molar-refractivity contribution is 7.80. The van der Waals surface area contributed by atoms with Crippen molar-refractivity contribution in [3.63, 3.8) is 0 Å². The minimum absolute atomic E-state index is 0.454. The van der Waals surface area contributed by atoms with E-state index in [2.05, 4.69) is 52.8 Å². The largest absolute Gasteiger partial charge is 0.468 e. The summed E-state index contributed by atoms with van der Waals surface area (Å²) in [5.74, 6) is 1.07. The van der Waals surface area contributed by atoms with Crippen molar-refractivity contribution in [2.75, 3.05) is 5.32 Å². The van der Waals surface area contributed by atoms with Gasteiger partial charge in [0.05, 0.1) is 12.8 Å². The number of furan rings is 1. The van der Waals surface area contributed by atoms with Gasteiger partial charge in [0.25, 0.3) is 0 Å². The molecule has 2 fully saturated rings. The molecule has 0 saturated carbocycles. The Morgan fingerprint density at radius 2 is 1.88 bits per heavy atom. The smallest absolute Gasteiger partial charge is 0.170 e. The fourth-order valence-electron chi connectivity index (χ4n) is 4.41. The van der Waals surface area contributed by atoms with E-state index < -0.39 is 0 Å². The number of aryl methyl sites for hydroxylation is 1. The molecule has 4 rings (SSSR count). The van der Waals surface area contributed by atoms with Crippen LogP contribution in [0.2, 0.25) is 0 Å². The Labute approximate surface area is 161 Å². The van der Waals surface area contributed by atoms with Crippen LogP contribution in [0.3, 0.4) is 0 Å². The topological polar surface area (TPSA) is 40.4 Å². The van der Waals surface area contributed by atoms with Crippen molar-refractivity contribution in [1.82, 2.24) is 10.2 Å². The van der Waals surface area contributed by atoms with E-state index in [9.17, 15) is 0 Å². The number of nitrogens with zero attached hydrogens (tertiary/aromatic N) is 1. The summed E-state index contributed by atoms with van der Waals surface area (Å²) in [4.78, 5) is 2.62. The standard InChI is InChI=1S/C21H27N3OS/c1-2-15-5-7-16(8-6-15)22-21(26)23-17-12-18-9-10-19(13-17)24(18)14-20-4-3-11-25-20/h3-8,11,17-19H,2,9-10,12-14H2,1H3,(H2,22,23,26)/t17?,18-,19+. The maximum Gasteiger partial charge on any atom is 0.170 e. The third-order valence-corrected chi connectivity index (χ3v) is 5.98. The molecular formula is C21H27N3OS. The Bertz CT molecular complexity index is 714. The molecule has 26 heavy (non-hydrogen) atoms. The third-order valence-electron chi connectivity index (χ3n) is 5.76. The first kappa shape index (κ1) is 17.6. The maximum atomic E-state index is 5.55. The molecule has 0 spiro atoms. The van der Waals surface area contributed by atoms with Gasteiger partial charge in [-0.25, -0.2) is 0 Å². The lowest BCUT2D eigenvalue weighted by molar-refractivity contribution is 0.106. The number of rotatable bonds is 5. The zero-order valence-electron chi connectivity index (χ0n) is 15.3. The average Bonchev–Trinajstić information content (AvgIpc) is 3.22. The van der Waals surface area contributed by atoms with Crippen molar-refractivity contribution in [2.45, 2.75) is 63.7 Å². The van der Waals surface area contributed by atoms with E-state index in [4.69, 9.17) is 16.6 Å². The van der Waals surface area contributed by atoms with Gasteiger partial charge in [-0.3, -0.25) is 4.90 Å². The number of hydrogen-bond donors (Lipinski definition) is 2. The van der Waals surface area contributed by atoms with Crippen LogP contribution in [0.1, 0.15) is 43.9 Å². The molecular weight excluding hydrogens is 342 g/mol. The van der Waals surface area contributed by atoms with Gasteiger partial charge in [0.15, 0.2) is 5.11 Å². The Morgan fingerprint density at radius 3 is 2.50 bits per heavy atom. The van der Waals surface area contributed by atoms with Gasteiger partial charge in [-0.2, -0.15) is 0 Å². The van der Waals surface area contributed by atoms with Gasteiger partial charge < -0.3 is 15.1 Å². The number of thiocarbonyl (C=S) groups is 1. The minimum Gasteiger partial charge on any atom is -0.468 e. The zero-order chi connectivity index (χ0) is 17.9. The molecule has 138 valence electrons. The molecule has 2 N–H and O–H groups in total. The molecule has 2 aliphatic heterocycles. The van der Waals surface area contributed by atoms with E-state index in [1.54, 1.807) is 6.26 Å². The van der Waals surface area contributed by atoms with Crippen LogP contribution in [-0.4, -0.2) is 28.1 Å². The van der Waals surface area contributed by atoms with Crippen LogP contribution in [0, 0.1) is 0 Å². The first-order chi connectivity index (χ1) is 12.7. The molecule has 0 radical (unpaired) electrons. The second-order valence-electron chi connectivity index (χ2n) is 7.45. The molecule has 1 unspecified atom stereocenters. The quantitative estimate of drug-likeness (QED) is 0.768. The van der Waals surface area contributed by atoms with Gasteiger partial charge in [0.1, 0.15) is 5.76 Å². The molecule has 1 aromatic carbocycles. The normalized spacial score (nSPS) is 25.2. The van der Waals surface area contributed by atoms with Crippen molar-refractivity contribution in [2.24, 2.45) is 0 Å². The predicted octanol–water partition coefficient (Wildman–Crippen LogP) is 4.32. The summed E-state index contributed by atoms with van der Waals surface area (Å²) in [6.07, 6.45) is 7.68. The summed E-state index contributed by atoms with van der Waals surface area (Å²) in [5, 5.41) is 7.61. The summed E-state index contributed by atoms with van der Waals surface area (Å²) in [6.45, 7) is 3.10. The lowest BCUT2D eigenvalue weighted by Gasteiger charge is -2.39. The Hall–Kier alpha value is -1.85. The SMILES string of the molecule is CCc1ccc(NC(=S)NC2C[C@H]3CC[C@@H](C2)N3Cc2ccco2)cc1. The van der Waals surface area contributed by atoms with E-state index in [1.807, 2.05) is 6.07 Å². The summed E-state index contributed by atoms with van der Waals surface area (Å²) >= 11 is 5.55. The van der Waals surface area contributed by atoms with Gasteiger partial charge in [0.2, 0.25) is 0 Å². The summed E-state index contributed by atoms with van der Waals surface area (Å²) in [6, 6.07) is 14.3. The van der Waals surface area contributed by atoms with Crippen molar-refractivity contribution < 1.29 is 4.42 Å². The molecule has 0 amide bonds. The maximum absolute atomic E-state index is 5.55. The van der Waals surface area contributed by atoms with Crippen LogP contribution in [0.15, 0.2) is 47.1 Å². The van der Waals surface area contributed by atoms with E-state index in [0.717, 1.165) is 42.4 Å². The van der Waals surface area contributed by atoms with Gasteiger partial charge >= 0.3 is 0 Å². The summed E-state index contributed by atoms with van der Waals surface area (Å²) in [5.41, 5.74) is 2.40. The molecule has 3 heterocycles. The van der Waals surface area contributed by atoms with Crippen LogP contribution in [-0.2, 0) is 13.0 Å². The summed E-state index contributed by atoms with van der Waals surface area (Å²) < 4.78 is 5.55. The number of benzene rings is 1. The Balaban J connectivity index is 1.30. The first-order valence-electron chi connectivity index (χ1n) is 9.66. The lowest BCUT2D eigenvalue weighted by Crippen LogP contribution is -2.50. The molecule has 2 aliphatic rings. The average molecular weight is 370 g/mol. The van der Waals surface area contributed by atoms with E-state index in [1.165, 1.54) is 18.4 Å². The molecule has 1 aromatic heterocycles. The van der Waals surface area contributed by atoms with E-state index >= 15 is 0 Å². The van der Waals surface area contributed by atoms with Crippen LogP contribution in [0.25, 0.3) is 0 Å². The van der Waals surface area contributed by atoms with Crippen molar-refractivity contribution >= 4 is 23.0 Å².